The lowest BCUT2D eigenvalue weighted by Gasteiger charge is -2.04. The van der Waals surface area contributed by atoms with Crippen molar-refractivity contribution in [2.75, 3.05) is 0 Å². The SMILES string of the molecule is O=C(O)c1ccc(CNCc2csc(COc3ccc(Cl)cc3)n2)cc1. The van der Waals surface area contributed by atoms with E-state index < -0.39 is 5.97 Å². The van der Waals surface area contributed by atoms with Crippen molar-refractivity contribution in [2.24, 2.45) is 0 Å². The fourth-order valence-electron chi connectivity index (χ4n) is 2.27. The van der Waals surface area contributed by atoms with Gasteiger partial charge in [-0.05, 0) is 42.0 Å². The normalized spacial score (nSPS) is 10.7. The number of halogens is 1. The van der Waals surface area contributed by atoms with Crippen molar-refractivity contribution in [3.05, 3.63) is 80.8 Å². The lowest BCUT2D eigenvalue weighted by atomic mass is 10.1. The number of aromatic carboxylic acids is 1. The summed E-state index contributed by atoms with van der Waals surface area (Å²) in [6.45, 7) is 1.70. The zero-order valence-electron chi connectivity index (χ0n) is 13.8. The van der Waals surface area contributed by atoms with Crippen LogP contribution in [0.5, 0.6) is 5.75 Å². The Balaban J connectivity index is 1.44. The Bertz CT molecular complexity index is 863. The van der Waals surface area contributed by atoms with Crippen molar-refractivity contribution in [2.45, 2.75) is 19.7 Å². The lowest BCUT2D eigenvalue weighted by molar-refractivity contribution is 0.0697. The van der Waals surface area contributed by atoms with Crippen LogP contribution in [0.15, 0.2) is 53.9 Å². The first-order valence-electron chi connectivity index (χ1n) is 7.95. The van der Waals surface area contributed by atoms with E-state index in [-0.39, 0.29) is 0 Å². The number of hydrogen-bond donors (Lipinski definition) is 2. The monoisotopic (exact) mass is 388 g/mol. The topological polar surface area (TPSA) is 71.5 Å². The van der Waals surface area contributed by atoms with Crippen LogP contribution in [0.25, 0.3) is 0 Å². The molecule has 0 radical (unpaired) electrons. The number of nitrogens with zero attached hydrogens (tertiary/aromatic N) is 1. The number of hydrogen-bond acceptors (Lipinski definition) is 5. The van der Waals surface area contributed by atoms with E-state index in [0.29, 0.717) is 30.3 Å². The Morgan fingerprint density at radius 3 is 2.54 bits per heavy atom. The van der Waals surface area contributed by atoms with Crippen molar-refractivity contribution in [1.29, 1.82) is 0 Å². The molecule has 7 heteroatoms. The third kappa shape index (κ3) is 5.29. The molecule has 5 nitrogen and oxygen atoms in total. The summed E-state index contributed by atoms with van der Waals surface area (Å²) in [5.41, 5.74) is 2.27. The molecule has 0 aliphatic carbocycles. The molecule has 0 aliphatic rings. The molecule has 26 heavy (non-hydrogen) atoms. The fraction of sp³-hybridized carbons (Fsp3) is 0.158. The molecule has 1 heterocycles. The average Bonchev–Trinajstić information content (AvgIpc) is 3.09. The molecule has 2 N–H and O–H groups in total. The van der Waals surface area contributed by atoms with Crippen LogP contribution in [-0.4, -0.2) is 16.1 Å². The second-order valence-corrected chi connectivity index (χ2v) is 6.96. The van der Waals surface area contributed by atoms with Gasteiger partial charge in [0.25, 0.3) is 0 Å². The second kappa shape index (κ2) is 8.80. The van der Waals surface area contributed by atoms with Crippen LogP contribution in [0, 0.1) is 0 Å². The molecular formula is C19H17ClN2O3S. The van der Waals surface area contributed by atoms with Gasteiger partial charge < -0.3 is 15.2 Å². The van der Waals surface area contributed by atoms with Crippen molar-refractivity contribution >= 4 is 28.9 Å². The Morgan fingerprint density at radius 2 is 1.85 bits per heavy atom. The first-order chi connectivity index (χ1) is 12.6. The van der Waals surface area contributed by atoms with Gasteiger partial charge in [-0.2, -0.15) is 0 Å². The molecule has 0 amide bonds. The predicted octanol–water partition coefficient (Wildman–Crippen LogP) is 4.36. The number of aromatic nitrogens is 1. The largest absolute Gasteiger partial charge is 0.486 e. The number of rotatable bonds is 8. The first-order valence-corrected chi connectivity index (χ1v) is 9.20. The maximum Gasteiger partial charge on any atom is 0.335 e. The van der Waals surface area contributed by atoms with Crippen molar-refractivity contribution < 1.29 is 14.6 Å². The van der Waals surface area contributed by atoms with Crippen molar-refractivity contribution in [3.8, 4) is 5.75 Å². The van der Waals surface area contributed by atoms with Crippen LogP contribution in [0.4, 0.5) is 0 Å². The summed E-state index contributed by atoms with van der Waals surface area (Å²) in [4.78, 5) is 15.4. The van der Waals surface area contributed by atoms with E-state index in [2.05, 4.69) is 10.3 Å². The van der Waals surface area contributed by atoms with Crippen LogP contribution in [0.3, 0.4) is 0 Å². The first kappa shape index (κ1) is 18.4. The summed E-state index contributed by atoms with van der Waals surface area (Å²) in [6, 6.07) is 14.1. The molecule has 2 aromatic carbocycles. The van der Waals surface area contributed by atoms with Gasteiger partial charge in [0.15, 0.2) is 0 Å². The highest BCUT2D eigenvalue weighted by atomic mass is 35.5. The van der Waals surface area contributed by atoms with Crippen LogP contribution in [0.2, 0.25) is 5.02 Å². The molecule has 0 atom stereocenters. The summed E-state index contributed by atoms with van der Waals surface area (Å²) in [5, 5.41) is 15.8. The summed E-state index contributed by atoms with van der Waals surface area (Å²) in [6.07, 6.45) is 0. The third-order valence-corrected chi connectivity index (χ3v) is 4.73. The average molecular weight is 389 g/mol. The molecule has 134 valence electrons. The van der Waals surface area contributed by atoms with Crippen molar-refractivity contribution in [3.63, 3.8) is 0 Å². The highest BCUT2D eigenvalue weighted by molar-refractivity contribution is 7.09. The second-order valence-electron chi connectivity index (χ2n) is 5.58. The molecule has 0 bridgehead atoms. The van der Waals surface area contributed by atoms with Gasteiger partial charge in [0.1, 0.15) is 17.4 Å². The van der Waals surface area contributed by atoms with E-state index in [1.807, 2.05) is 29.6 Å². The lowest BCUT2D eigenvalue weighted by Crippen LogP contribution is -2.13. The minimum absolute atomic E-state index is 0.290. The summed E-state index contributed by atoms with van der Waals surface area (Å²) >= 11 is 7.40. The molecule has 3 rings (SSSR count). The number of carboxylic acids is 1. The highest BCUT2D eigenvalue weighted by Gasteiger charge is 2.05. The van der Waals surface area contributed by atoms with Crippen LogP contribution in [0.1, 0.15) is 26.6 Å². The van der Waals surface area contributed by atoms with Gasteiger partial charge in [0.05, 0.1) is 11.3 Å². The Morgan fingerprint density at radius 1 is 1.12 bits per heavy atom. The maximum atomic E-state index is 10.8. The van der Waals surface area contributed by atoms with E-state index in [4.69, 9.17) is 21.4 Å². The van der Waals surface area contributed by atoms with E-state index in [1.54, 1.807) is 35.6 Å². The minimum atomic E-state index is -0.916. The molecule has 0 fully saturated rings. The zero-order valence-corrected chi connectivity index (χ0v) is 15.4. The molecule has 0 saturated carbocycles. The number of benzene rings is 2. The molecular weight excluding hydrogens is 372 g/mol. The van der Waals surface area contributed by atoms with E-state index >= 15 is 0 Å². The Kier molecular flexibility index (Phi) is 6.22. The Labute approximate surface area is 160 Å². The minimum Gasteiger partial charge on any atom is -0.486 e. The standard InChI is InChI=1S/C19H17ClN2O3S/c20-15-5-7-17(8-6-15)25-11-18-22-16(12-26-18)10-21-9-13-1-3-14(4-2-13)19(23)24/h1-8,12,21H,9-11H2,(H,23,24). The van der Waals surface area contributed by atoms with E-state index in [9.17, 15) is 4.79 Å². The number of thiazole rings is 1. The van der Waals surface area contributed by atoms with Crippen molar-refractivity contribution in [1.82, 2.24) is 10.3 Å². The molecule has 0 unspecified atom stereocenters. The van der Waals surface area contributed by atoms with Gasteiger partial charge in [-0.1, -0.05) is 23.7 Å². The zero-order chi connectivity index (χ0) is 18.4. The van der Waals surface area contributed by atoms with Gasteiger partial charge in [0, 0.05) is 23.5 Å². The number of ether oxygens (including phenoxy) is 1. The smallest absolute Gasteiger partial charge is 0.335 e. The van der Waals surface area contributed by atoms with Gasteiger partial charge >= 0.3 is 5.97 Å². The Hall–Kier alpha value is -2.41. The third-order valence-electron chi connectivity index (χ3n) is 3.61. The fourth-order valence-corrected chi connectivity index (χ4v) is 3.10. The molecule has 0 aliphatic heterocycles. The van der Waals surface area contributed by atoms with Crippen LogP contribution < -0.4 is 10.1 Å². The van der Waals surface area contributed by atoms with Gasteiger partial charge in [-0.25, -0.2) is 9.78 Å². The molecule has 1 aromatic heterocycles. The van der Waals surface area contributed by atoms with Gasteiger partial charge in [0.2, 0.25) is 0 Å². The maximum absolute atomic E-state index is 10.8. The predicted molar refractivity (Wildman–Crippen MR) is 102 cm³/mol. The summed E-state index contributed by atoms with van der Waals surface area (Å²) < 4.78 is 5.69. The summed E-state index contributed by atoms with van der Waals surface area (Å²) in [5.74, 6) is -0.158. The summed E-state index contributed by atoms with van der Waals surface area (Å²) in [7, 11) is 0. The van der Waals surface area contributed by atoms with Gasteiger partial charge in [-0.15, -0.1) is 11.3 Å². The van der Waals surface area contributed by atoms with Crippen LogP contribution in [-0.2, 0) is 19.7 Å². The number of nitrogens with one attached hydrogen (secondary N) is 1. The quantitative estimate of drug-likeness (QED) is 0.599. The highest BCUT2D eigenvalue weighted by Crippen LogP contribution is 2.18. The molecule has 0 saturated heterocycles. The molecule has 3 aromatic rings. The van der Waals surface area contributed by atoms with E-state index in [0.717, 1.165) is 22.0 Å². The molecule has 0 spiro atoms. The number of carbonyl (C=O) groups is 1. The number of carboxylic acid groups (broad SMARTS) is 1. The van der Waals surface area contributed by atoms with Crippen LogP contribution >= 0.6 is 22.9 Å². The van der Waals surface area contributed by atoms with Gasteiger partial charge in [-0.3, -0.25) is 0 Å². The van der Waals surface area contributed by atoms with E-state index in [1.165, 1.54) is 0 Å².